The zero-order valence-electron chi connectivity index (χ0n) is 16.8. The third-order valence-corrected chi connectivity index (χ3v) is 6.48. The fourth-order valence-corrected chi connectivity index (χ4v) is 4.77. The number of rotatable bonds is 3. The van der Waals surface area contributed by atoms with E-state index < -0.39 is 0 Å². The Morgan fingerprint density at radius 1 is 1.26 bits per heavy atom. The molecular weight excluding hydrogens is 392 g/mol. The number of hydrogen-bond donors (Lipinski definition) is 2. The average molecular weight is 412 g/mol. The SMILES string of the molecule is C=CC(=O)Nc1cccc2oc(-c3ccc4cc5n(c4c3)C3(CCC3)CNC5=O)nc12. The number of oxazole rings is 1. The molecule has 1 saturated carbocycles. The number of para-hydroxylation sites is 1. The van der Waals surface area contributed by atoms with Gasteiger partial charge in [-0.2, -0.15) is 0 Å². The van der Waals surface area contributed by atoms with Crippen LogP contribution in [0.3, 0.4) is 0 Å². The van der Waals surface area contributed by atoms with Gasteiger partial charge in [0.1, 0.15) is 11.2 Å². The first kappa shape index (κ1) is 17.9. The van der Waals surface area contributed by atoms with E-state index in [1.54, 1.807) is 6.07 Å². The largest absolute Gasteiger partial charge is 0.436 e. The molecule has 2 aliphatic rings. The molecule has 3 heterocycles. The van der Waals surface area contributed by atoms with Gasteiger partial charge in [0.05, 0.1) is 16.7 Å². The Balaban J connectivity index is 1.50. The van der Waals surface area contributed by atoms with Gasteiger partial charge in [0.25, 0.3) is 5.91 Å². The van der Waals surface area contributed by atoms with Crippen molar-refractivity contribution in [2.45, 2.75) is 24.8 Å². The van der Waals surface area contributed by atoms with Crippen molar-refractivity contribution >= 4 is 39.5 Å². The van der Waals surface area contributed by atoms with E-state index in [1.165, 1.54) is 12.5 Å². The number of fused-ring (bicyclic) bond motifs is 5. The molecule has 0 atom stereocenters. The quantitative estimate of drug-likeness (QED) is 0.494. The van der Waals surface area contributed by atoms with Gasteiger partial charge >= 0.3 is 0 Å². The Morgan fingerprint density at radius 3 is 2.90 bits per heavy atom. The van der Waals surface area contributed by atoms with E-state index >= 15 is 0 Å². The zero-order valence-corrected chi connectivity index (χ0v) is 16.8. The van der Waals surface area contributed by atoms with Gasteiger partial charge in [-0.1, -0.05) is 18.7 Å². The van der Waals surface area contributed by atoms with Crippen LogP contribution < -0.4 is 10.6 Å². The molecule has 2 N–H and O–H groups in total. The fraction of sp³-hybridized carbons (Fsp3) is 0.208. The summed E-state index contributed by atoms with van der Waals surface area (Å²) in [6, 6.07) is 13.4. The predicted octanol–water partition coefficient (Wildman–Crippen LogP) is 4.20. The van der Waals surface area contributed by atoms with Crippen molar-refractivity contribution in [2.24, 2.45) is 0 Å². The third kappa shape index (κ3) is 2.56. The van der Waals surface area contributed by atoms with E-state index in [-0.39, 0.29) is 17.4 Å². The van der Waals surface area contributed by atoms with Gasteiger partial charge in [-0.05, 0) is 55.7 Å². The van der Waals surface area contributed by atoms with Crippen LogP contribution in [0.1, 0.15) is 29.8 Å². The van der Waals surface area contributed by atoms with Crippen molar-refractivity contribution in [2.75, 3.05) is 11.9 Å². The summed E-state index contributed by atoms with van der Waals surface area (Å²) < 4.78 is 8.23. The molecule has 7 heteroatoms. The van der Waals surface area contributed by atoms with Crippen LogP contribution in [0.2, 0.25) is 0 Å². The van der Waals surface area contributed by atoms with Gasteiger partial charge in [-0.25, -0.2) is 4.98 Å². The maximum atomic E-state index is 12.5. The molecule has 154 valence electrons. The van der Waals surface area contributed by atoms with E-state index in [9.17, 15) is 9.59 Å². The van der Waals surface area contributed by atoms with Crippen LogP contribution in [0.25, 0.3) is 33.5 Å². The normalized spacial score (nSPS) is 16.7. The first-order valence-corrected chi connectivity index (χ1v) is 10.4. The smallest absolute Gasteiger partial charge is 0.268 e. The second-order valence-electron chi connectivity index (χ2n) is 8.26. The summed E-state index contributed by atoms with van der Waals surface area (Å²) in [5, 5.41) is 6.84. The zero-order chi connectivity index (χ0) is 21.2. The van der Waals surface area contributed by atoms with Gasteiger partial charge in [0.15, 0.2) is 5.58 Å². The lowest BCUT2D eigenvalue weighted by atomic mass is 9.75. The molecule has 31 heavy (non-hydrogen) atoms. The number of aromatic nitrogens is 2. The molecule has 1 aliphatic heterocycles. The predicted molar refractivity (Wildman–Crippen MR) is 118 cm³/mol. The number of nitrogens with zero attached hydrogens (tertiary/aromatic N) is 2. The minimum absolute atomic E-state index is 0.0280. The highest BCUT2D eigenvalue weighted by Crippen LogP contribution is 2.44. The van der Waals surface area contributed by atoms with Crippen LogP contribution in [0.5, 0.6) is 0 Å². The molecular formula is C24H20N4O3. The molecule has 2 aromatic carbocycles. The second-order valence-corrected chi connectivity index (χ2v) is 8.26. The van der Waals surface area contributed by atoms with Crippen LogP contribution in [0, 0.1) is 0 Å². The van der Waals surface area contributed by atoms with Crippen LogP contribution in [0.4, 0.5) is 5.69 Å². The minimum Gasteiger partial charge on any atom is -0.436 e. The Labute approximate surface area is 177 Å². The molecule has 1 spiro atoms. The summed E-state index contributed by atoms with van der Waals surface area (Å²) >= 11 is 0. The number of benzene rings is 2. The van der Waals surface area contributed by atoms with Gasteiger partial charge in [0, 0.05) is 17.5 Å². The molecule has 0 unspecified atom stereocenters. The molecule has 7 nitrogen and oxygen atoms in total. The number of carbonyl (C=O) groups is 2. The van der Waals surface area contributed by atoms with Gasteiger partial charge < -0.3 is 19.6 Å². The highest BCUT2D eigenvalue weighted by molar-refractivity contribution is 6.04. The monoisotopic (exact) mass is 412 g/mol. The van der Waals surface area contributed by atoms with E-state index in [0.29, 0.717) is 34.9 Å². The third-order valence-electron chi connectivity index (χ3n) is 6.48. The van der Waals surface area contributed by atoms with Crippen LogP contribution >= 0.6 is 0 Å². The first-order valence-electron chi connectivity index (χ1n) is 10.4. The van der Waals surface area contributed by atoms with Crippen LogP contribution in [-0.4, -0.2) is 27.9 Å². The summed E-state index contributed by atoms with van der Waals surface area (Å²) in [5.74, 6) is 0.137. The molecule has 0 saturated heterocycles. The number of amides is 2. The minimum atomic E-state index is -0.303. The molecule has 0 radical (unpaired) electrons. The van der Waals surface area contributed by atoms with Crippen molar-refractivity contribution in [3.05, 3.63) is 60.8 Å². The van der Waals surface area contributed by atoms with Gasteiger partial charge in [0.2, 0.25) is 11.8 Å². The van der Waals surface area contributed by atoms with E-state index in [0.717, 1.165) is 29.3 Å². The van der Waals surface area contributed by atoms with Crippen molar-refractivity contribution in [1.29, 1.82) is 0 Å². The summed E-state index contributed by atoms with van der Waals surface area (Å²) in [5.41, 5.74) is 4.26. The second kappa shape index (κ2) is 6.31. The highest BCUT2D eigenvalue weighted by atomic mass is 16.3. The average Bonchev–Trinajstić information content (AvgIpc) is 3.36. The molecule has 2 aromatic heterocycles. The van der Waals surface area contributed by atoms with E-state index in [4.69, 9.17) is 4.42 Å². The lowest BCUT2D eigenvalue weighted by Gasteiger charge is -2.47. The van der Waals surface area contributed by atoms with E-state index in [1.807, 2.05) is 36.4 Å². The molecule has 0 bridgehead atoms. The van der Waals surface area contributed by atoms with Crippen molar-refractivity contribution in [3.63, 3.8) is 0 Å². The van der Waals surface area contributed by atoms with E-state index in [2.05, 4.69) is 26.8 Å². The summed E-state index contributed by atoms with van der Waals surface area (Å²) in [7, 11) is 0. The first-order chi connectivity index (χ1) is 15.1. The van der Waals surface area contributed by atoms with Crippen molar-refractivity contribution in [3.8, 4) is 11.5 Å². The molecule has 6 rings (SSSR count). The maximum Gasteiger partial charge on any atom is 0.268 e. The summed E-state index contributed by atoms with van der Waals surface area (Å²) in [4.78, 5) is 28.9. The topological polar surface area (TPSA) is 89.2 Å². The Kier molecular flexibility index (Phi) is 3.65. The lowest BCUT2D eigenvalue weighted by Crippen LogP contribution is -2.55. The van der Waals surface area contributed by atoms with Gasteiger partial charge in [-0.15, -0.1) is 0 Å². The lowest BCUT2D eigenvalue weighted by molar-refractivity contribution is -0.111. The Bertz CT molecular complexity index is 1410. The Morgan fingerprint density at radius 2 is 2.13 bits per heavy atom. The molecule has 2 amide bonds. The van der Waals surface area contributed by atoms with Crippen molar-refractivity contribution in [1.82, 2.24) is 14.9 Å². The molecule has 1 aliphatic carbocycles. The number of hydrogen-bond acceptors (Lipinski definition) is 4. The highest BCUT2D eigenvalue weighted by Gasteiger charge is 2.44. The summed E-state index contributed by atoms with van der Waals surface area (Å²) in [6.45, 7) is 4.16. The van der Waals surface area contributed by atoms with Crippen LogP contribution in [-0.2, 0) is 10.3 Å². The molecule has 1 fully saturated rings. The summed E-state index contributed by atoms with van der Waals surface area (Å²) in [6.07, 6.45) is 4.50. The van der Waals surface area contributed by atoms with Gasteiger partial charge in [-0.3, -0.25) is 9.59 Å². The number of carbonyl (C=O) groups excluding carboxylic acids is 2. The fourth-order valence-electron chi connectivity index (χ4n) is 4.77. The van der Waals surface area contributed by atoms with Crippen molar-refractivity contribution < 1.29 is 14.0 Å². The maximum absolute atomic E-state index is 12.5. The standard InChI is InChI=1S/C24H20N4O3/c1-2-20(29)26-16-5-3-6-19-21(16)27-23(31-19)15-8-7-14-11-18-22(30)25-13-24(9-4-10-24)28(18)17(14)12-15/h2-3,5-8,11-12H,1,4,9-10,13H2,(H,25,30)(H,26,29). The van der Waals surface area contributed by atoms with Crippen LogP contribution in [0.15, 0.2) is 59.5 Å². The number of nitrogens with one attached hydrogen (secondary N) is 2. The number of anilines is 1. The molecule has 4 aromatic rings. The Hall–Kier alpha value is -3.87.